The van der Waals surface area contributed by atoms with Crippen molar-refractivity contribution in [2.75, 3.05) is 13.7 Å². The molecule has 2 rings (SSSR count). The summed E-state index contributed by atoms with van der Waals surface area (Å²) < 4.78 is 12.0. The van der Waals surface area contributed by atoms with Gasteiger partial charge < -0.3 is 20.1 Å². The summed E-state index contributed by atoms with van der Waals surface area (Å²) in [5.41, 5.74) is 1.74. The Morgan fingerprint density at radius 1 is 1.24 bits per heavy atom. The second-order valence-electron chi connectivity index (χ2n) is 5.41. The average molecular weight is 476 g/mol. The number of allylic oxidation sites excluding steroid dienone is 1. The number of esters is 1. The molecule has 6 nitrogen and oxygen atoms in total. The third kappa shape index (κ3) is 4.36. The number of hydrogen-bond donors (Lipinski definition) is 2. The summed E-state index contributed by atoms with van der Waals surface area (Å²) in [5, 5.41) is 5.52. The summed E-state index contributed by atoms with van der Waals surface area (Å²) in [6.45, 7) is 4.40. The molecule has 2 N–H and O–H groups in total. The van der Waals surface area contributed by atoms with Gasteiger partial charge in [-0.1, -0.05) is 13.3 Å². The number of rotatable bonds is 6. The van der Waals surface area contributed by atoms with E-state index in [0.29, 0.717) is 30.0 Å². The van der Waals surface area contributed by atoms with Crippen LogP contribution < -0.4 is 15.4 Å². The van der Waals surface area contributed by atoms with Gasteiger partial charge >= 0.3 is 12.0 Å². The molecular formula is C17H20Br2N2O4. The van der Waals surface area contributed by atoms with Gasteiger partial charge in [0.2, 0.25) is 0 Å². The smallest absolute Gasteiger partial charge is 0.337 e. The molecule has 0 aromatic heterocycles. The standard InChI is InChI=1S/C17H20Br2N2O4/c1-4-6-12-13(16(22)24-3)14(21-17(23)20-12)9-7-10(18)15(25-5-2)11(19)8-9/h7-8,14H,4-6H2,1-3H3,(H2,20,21,23). The van der Waals surface area contributed by atoms with Gasteiger partial charge in [-0.15, -0.1) is 0 Å². The third-order valence-corrected chi connectivity index (χ3v) is 4.88. The van der Waals surface area contributed by atoms with Gasteiger partial charge in [0.15, 0.2) is 0 Å². The van der Waals surface area contributed by atoms with Crippen LogP contribution in [0, 0.1) is 0 Å². The predicted molar refractivity (Wildman–Crippen MR) is 101 cm³/mol. The molecule has 1 aliphatic heterocycles. The van der Waals surface area contributed by atoms with Gasteiger partial charge in [-0.3, -0.25) is 0 Å². The van der Waals surface area contributed by atoms with Crippen LogP contribution in [0.4, 0.5) is 4.79 Å². The van der Waals surface area contributed by atoms with Crippen molar-refractivity contribution in [2.45, 2.75) is 32.7 Å². The highest BCUT2D eigenvalue weighted by Crippen LogP contribution is 2.39. The summed E-state index contributed by atoms with van der Waals surface area (Å²) >= 11 is 6.97. The fourth-order valence-corrected chi connectivity index (χ4v) is 4.15. The van der Waals surface area contributed by atoms with Gasteiger partial charge in [0.05, 0.1) is 34.3 Å². The highest BCUT2D eigenvalue weighted by atomic mass is 79.9. The number of benzene rings is 1. The maximum atomic E-state index is 12.4. The highest BCUT2D eigenvalue weighted by molar-refractivity contribution is 9.11. The van der Waals surface area contributed by atoms with E-state index in [1.165, 1.54) is 7.11 Å². The van der Waals surface area contributed by atoms with Crippen molar-refractivity contribution in [3.05, 3.63) is 37.9 Å². The van der Waals surface area contributed by atoms with Gasteiger partial charge in [-0.05, 0) is 62.9 Å². The third-order valence-electron chi connectivity index (χ3n) is 3.70. The fraction of sp³-hybridized carbons (Fsp3) is 0.412. The van der Waals surface area contributed by atoms with Crippen molar-refractivity contribution in [3.63, 3.8) is 0 Å². The molecule has 0 bridgehead atoms. The lowest BCUT2D eigenvalue weighted by molar-refractivity contribution is -0.136. The predicted octanol–water partition coefficient (Wildman–Crippen LogP) is 4.19. The van der Waals surface area contributed by atoms with Gasteiger partial charge in [-0.2, -0.15) is 0 Å². The minimum atomic E-state index is -0.606. The lowest BCUT2D eigenvalue weighted by Crippen LogP contribution is -2.45. The van der Waals surface area contributed by atoms with Crippen molar-refractivity contribution in [2.24, 2.45) is 0 Å². The number of nitrogens with one attached hydrogen (secondary N) is 2. The molecule has 1 aromatic rings. The highest BCUT2D eigenvalue weighted by Gasteiger charge is 2.33. The molecule has 0 saturated carbocycles. The SMILES string of the molecule is CCCC1=C(C(=O)OC)C(c2cc(Br)c(OCC)c(Br)c2)NC(=O)N1. The van der Waals surface area contributed by atoms with Crippen LogP contribution in [-0.4, -0.2) is 25.7 Å². The Labute approximate surface area is 163 Å². The minimum Gasteiger partial charge on any atom is -0.492 e. The zero-order valence-electron chi connectivity index (χ0n) is 14.2. The second kappa shape index (κ2) is 8.71. The van der Waals surface area contributed by atoms with Crippen LogP contribution >= 0.6 is 31.9 Å². The van der Waals surface area contributed by atoms with Crippen molar-refractivity contribution >= 4 is 43.9 Å². The number of hydrogen-bond acceptors (Lipinski definition) is 4. The number of methoxy groups -OCH3 is 1. The van der Waals surface area contributed by atoms with Crippen molar-refractivity contribution in [1.82, 2.24) is 10.6 Å². The second-order valence-corrected chi connectivity index (χ2v) is 7.12. The number of ether oxygens (including phenoxy) is 2. The minimum absolute atomic E-state index is 0.345. The van der Waals surface area contributed by atoms with E-state index in [-0.39, 0.29) is 6.03 Å². The molecule has 2 amide bonds. The number of carbonyl (C=O) groups is 2. The maximum Gasteiger partial charge on any atom is 0.337 e. The van der Waals surface area contributed by atoms with Gasteiger partial charge in [0, 0.05) is 5.70 Å². The molecule has 0 aliphatic carbocycles. The Kier molecular flexibility index (Phi) is 6.89. The molecule has 0 spiro atoms. The van der Waals surface area contributed by atoms with Crippen LogP contribution in [0.2, 0.25) is 0 Å². The maximum absolute atomic E-state index is 12.4. The molecule has 1 aromatic carbocycles. The van der Waals surface area contributed by atoms with Gasteiger partial charge in [-0.25, -0.2) is 9.59 Å². The molecule has 1 unspecified atom stereocenters. The molecule has 1 atom stereocenters. The first-order valence-corrected chi connectivity index (χ1v) is 9.52. The van der Waals surface area contributed by atoms with E-state index in [1.807, 2.05) is 26.0 Å². The van der Waals surface area contributed by atoms with Crippen LogP contribution in [0.5, 0.6) is 5.75 Å². The topological polar surface area (TPSA) is 76.7 Å². The Balaban J connectivity index is 2.56. The Bertz CT molecular complexity index is 696. The molecule has 1 heterocycles. The Morgan fingerprint density at radius 2 is 1.88 bits per heavy atom. The summed E-state index contributed by atoms with van der Waals surface area (Å²) in [4.78, 5) is 24.4. The summed E-state index contributed by atoms with van der Waals surface area (Å²) in [7, 11) is 1.33. The number of urea groups is 1. The quantitative estimate of drug-likeness (QED) is 0.604. The van der Waals surface area contributed by atoms with Crippen molar-refractivity contribution < 1.29 is 19.1 Å². The van der Waals surface area contributed by atoms with E-state index in [9.17, 15) is 9.59 Å². The lowest BCUT2D eigenvalue weighted by atomic mass is 9.94. The van der Waals surface area contributed by atoms with Crippen LogP contribution in [0.3, 0.4) is 0 Å². The van der Waals surface area contributed by atoms with Crippen LogP contribution in [-0.2, 0) is 9.53 Å². The Hall–Kier alpha value is -1.54. The zero-order chi connectivity index (χ0) is 18.6. The fourth-order valence-electron chi connectivity index (χ4n) is 2.69. The molecule has 136 valence electrons. The largest absolute Gasteiger partial charge is 0.492 e. The van der Waals surface area contributed by atoms with Gasteiger partial charge in [0.1, 0.15) is 5.75 Å². The van der Waals surface area contributed by atoms with E-state index in [2.05, 4.69) is 42.5 Å². The van der Waals surface area contributed by atoms with E-state index in [1.54, 1.807) is 0 Å². The monoisotopic (exact) mass is 474 g/mol. The van der Waals surface area contributed by atoms with Crippen LogP contribution in [0.1, 0.15) is 38.3 Å². The molecule has 0 fully saturated rings. The van der Waals surface area contributed by atoms with Crippen LogP contribution in [0.25, 0.3) is 0 Å². The van der Waals surface area contributed by atoms with Crippen molar-refractivity contribution in [3.8, 4) is 5.75 Å². The van der Waals surface area contributed by atoms with E-state index in [4.69, 9.17) is 9.47 Å². The lowest BCUT2D eigenvalue weighted by Gasteiger charge is -2.29. The number of halogens is 2. The normalized spacial score (nSPS) is 17.0. The first kappa shape index (κ1) is 19.8. The van der Waals surface area contributed by atoms with Crippen LogP contribution in [0.15, 0.2) is 32.3 Å². The first-order valence-electron chi connectivity index (χ1n) is 7.93. The Morgan fingerprint density at radius 3 is 2.40 bits per heavy atom. The number of carbonyl (C=O) groups excluding carboxylic acids is 2. The zero-order valence-corrected chi connectivity index (χ0v) is 17.4. The van der Waals surface area contributed by atoms with E-state index >= 15 is 0 Å². The first-order chi connectivity index (χ1) is 11.9. The molecule has 0 radical (unpaired) electrons. The summed E-state index contributed by atoms with van der Waals surface area (Å²) in [6.07, 6.45) is 1.37. The summed E-state index contributed by atoms with van der Waals surface area (Å²) in [5.74, 6) is 0.200. The molecule has 8 heteroatoms. The average Bonchev–Trinajstić information content (AvgIpc) is 2.57. The molecular weight excluding hydrogens is 456 g/mol. The molecule has 0 saturated heterocycles. The molecule has 25 heavy (non-hydrogen) atoms. The van der Waals surface area contributed by atoms with E-state index in [0.717, 1.165) is 20.9 Å². The van der Waals surface area contributed by atoms with Gasteiger partial charge in [0.25, 0.3) is 0 Å². The summed E-state index contributed by atoms with van der Waals surface area (Å²) in [6, 6.07) is 2.71. The molecule has 1 aliphatic rings. The van der Waals surface area contributed by atoms with E-state index < -0.39 is 12.0 Å². The van der Waals surface area contributed by atoms with Crippen molar-refractivity contribution in [1.29, 1.82) is 0 Å². The number of amides is 2.